The van der Waals surface area contributed by atoms with Gasteiger partial charge in [0, 0.05) is 43.6 Å². The maximum absolute atomic E-state index is 6.04. The number of aliphatic imine (C=N–C) groups is 1. The fraction of sp³-hybridized carbons (Fsp3) is 0.300. The van der Waals surface area contributed by atoms with Crippen molar-refractivity contribution < 1.29 is 9.47 Å². The van der Waals surface area contributed by atoms with Crippen LogP contribution in [-0.4, -0.2) is 35.5 Å². The highest BCUT2D eigenvalue weighted by molar-refractivity contribution is 14.0. The number of aromatic nitrogens is 2. The second kappa shape index (κ2) is 9.13. The normalized spacial score (nSPS) is 13.7. The molecule has 1 aliphatic heterocycles. The number of fused-ring (bicyclic) bond motifs is 2. The van der Waals surface area contributed by atoms with E-state index in [2.05, 4.69) is 27.5 Å². The number of nitrogens with zero attached hydrogens (tertiary/aromatic N) is 3. The molecular weight excluding hydrogens is 469 g/mol. The smallest absolute Gasteiger partial charge is 0.193 e. The molecule has 0 saturated carbocycles. The van der Waals surface area contributed by atoms with E-state index >= 15 is 0 Å². The summed E-state index contributed by atoms with van der Waals surface area (Å²) < 4.78 is 13.2. The molecule has 0 amide bonds. The molecule has 8 heteroatoms. The topological polar surface area (TPSA) is 86.7 Å². The van der Waals surface area contributed by atoms with Crippen molar-refractivity contribution in [2.75, 3.05) is 25.1 Å². The van der Waals surface area contributed by atoms with Gasteiger partial charge < -0.3 is 20.5 Å². The van der Waals surface area contributed by atoms with E-state index in [1.807, 2.05) is 42.1 Å². The van der Waals surface area contributed by atoms with Crippen LogP contribution in [0.4, 0.5) is 5.69 Å². The Bertz CT molecular complexity index is 986. The van der Waals surface area contributed by atoms with Crippen LogP contribution in [0.15, 0.2) is 47.5 Å². The number of guanidine groups is 1. The highest BCUT2D eigenvalue weighted by atomic mass is 127. The van der Waals surface area contributed by atoms with Crippen LogP contribution in [0.3, 0.4) is 0 Å². The number of benzene rings is 2. The number of ether oxygens (including phenoxy) is 2. The number of hydrogen-bond donors (Lipinski definition) is 2. The van der Waals surface area contributed by atoms with Gasteiger partial charge in [-0.2, -0.15) is 5.10 Å². The number of aryl methyl sites for hydroxylation is 1. The molecule has 3 N–H and O–H groups in total. The summed E-state index contributed by atoms with van der Waals surface area (Å²) in [6.45, 7) is 1.88. The van der Waals surface area contributed by atoms with Crippen LogP contribution in [0.5, 0.6) is 11.5 Å². The minimum absolute atomic E-state index is 0. The largest absolute Gasteiger partial charge is 0.490 e. The average Bonchev–Trinajstić information content (AvgIpc) is 2.84. The Morgan fingerprint density at radius 2 is 1.96 bits per heavy atom. The van der Waals surface area contributed by atoms with Gasteiger partial charge in [-0.05, 0) is 18.2 Å². The molecule has 7 nitrogen and oxygen atoms in total. The van der Waals surface area contributed by atoms with Gasteiger partial charge in [-0.3, -0.25) is 9.67 Å². The van der Waals surface area contributed by atoms with Gasteiger partial charge in [0.1, 0.15) is 0 Å². The first-order valence-electron chi connectivity index (χ1n) is 9.08. The van der Waals surface area contributed by atoms with Gasteiger partial charge in [0.05, 0.1) is 24.4 Å². The zero-order chi connectivity index (χ0) is 18.6. The molecule has 1 aromatic heterocycles. The molecule has 1 aliphatic rings. The van der Waals surface area contributed by atoms with Crippen molar-refractivity contribution in [1.82, 2.24) is 9.78 Å². The first-order valence-corrected chi connectivity index (χ1v) is 9.08. The molecule has 0 unspecified atom stereocenters. The molecule has 0 atom stereocenters. The van der Waals surface area contributed by atoms with Crippen molar-refractivity contribution in [2.24, 2.45) is 17.8 Å². The molecular formula is C20H24IN5O2. The summed E-state index contributed by atoms with van der Waals surface area (Å²) in [5, 5.41) is 8.85. The molecule has 4 rings (SSSR count). The van der Waals surface area contributed by atoms with Crippen LogP contribution < -0.4 is 20.5 Å². The molecule has 0 saturated heterocycles. The maximum atomic E-state index is 6.04. The van der Waals surface area contributed by atoms with Crippen LogP contribution in [0.25, 0.3) is 10.9 Å². The van der Waals surface area contributed by atoms with Crippen molar-refractivity contribution in [2.45, 2.75) is 12.8 Å². The van der Waals surface area contributed by atoms with Crippen LogP contribution in [0.2, 0.25) is 0 Å². The standard InChI is InChI=1S/C20H23N5O2.HI/c1-25-17-6-3-2-5-15(17)16(24-25)9-10-22-20(21)23-14-7-8-18-19(13-14)27-12-4-11-26-18;/h2-3,5-8,13H,4,9-12H2,1H3,(H3,21,22,23);1H. The first kappa shape index (κ1) is 20.2. The number of para-hydroxylation sites is 1. The van der Waals surface area contributed by atoms with Crippen molar-refractivity contribution >= 4 is 46.5 Å². The Morgan fingerprint density at radius 3 is 2.82 bits per heavy atom. The number of nitrogens with one attached hydrogen (secondary N) is 1. The summed E-state index contributed by atoms with van der Waals surface area (Å²) in [6.07, 6.45) is 1.61. The van der Waals surface area contributed by atoms with Gasteiger partial charge in [0.2, 0.25) is 0 Å². The summed E-state index contributed by atoms with van der Waals surface area (Å²) in [6, 6.07) is 13.9. The molecule has 0 fully saturated rings. The molecule has 0 bridgehead atoms. The van der Waals surface area contributed by atoms with E-state index in [-0.39, 0.29) is 24.0 Å². The lowest BCUT2D eigenvalue weighted by atomic mass is 10.2. The summed E-state index contributed by atoms with van der Waals surface area (Å²) in [5.74, 6) is 1.85. The van der Waals surface area contributed by atoms with Crippen LogP contribution in [0, 0.1) is 0 Å². The predicted octanol–water partition coefficient (Wildman–Crippen LogP) is 3.32. The lowest BCUT2D eigenvalue weighted by Gasteiger charge is -2.10. The van der Waals surface area contributed by atoms with Crippen LogP contribution in [0.1, 0.15) is 12.1 Å². The zero-order valence-corrected chi connectivity index (χ0v) is 18.1. The SMILES string of the molecule is Cn1nc(CCN=C(N)Nc2ccc3c(c2)OCCCO3)c2ccccc21.I. The van der Waals surface area contributed by atoms with Crippen molar-refractivity contribution in [3.63, 3.8) is 0 Å². The number of hydrogen-bond acceptors (Lipinski definition) is 4. The van der Waals surface area contributed by atoms with E-state index in [9.17, 15) is 0 Å². The third kappa shape index (κ3) is 4.49. The second-order valence-corrected chi connectivity index (χ2v) is 6.44. The Morgan fingerprint density at radius 1 is 1.18 bits per heavy atom. The molecule has 0 aliphatic carbocycles. The second-order valence-electron chi connectivity index (χ2n) is 6.44. The van der Waals surface area contributed by atoms with E-state index in [0.717, 1.165) is 46.6 Å². The summed E-state index contributed by atoms with van der Waals surface area (Å²) in [7, 11) is 1.95. The fourth-order valence-electron chi connectivity index (χ4n) is 3.18. The number of anilines is 1. The van der Waals surface area contributed by atoms with E-state index < -0.39 is 0 Å². The fourth-order valence-corrected chi connectivity index (χ4v) is 3.18. The van der Waals surface area contributed by atoms with Gasteiger partial charge in [-0.25, -0.2) is 0 Å². The van der Waals surface area contributed by atoms with Gasteiger partial charge in [-0.1, -0.05) is 18.2 Å². The van der Waals surface area contributed by atoms with E-state index in [4.69, 9.17) is 15.2 Å². The van der Waals surface area contributed by atoms with Gasteiger partial charge in [0.25, 0.3) is 0 Å². The number of rotatable bonds is 4. The predicted molar refractivity (Wildman–Crippen MR) is 122 cm³/mol. The first-order chi connectivity index (χ1) is 13.2. The van der Waals surface area contributed by atoms with Crippen LogP contribution in [-0.2, 0) is 13.5 Å². The average molecular weight is 493 g/mol. The van der Waals surface area contributed by atoms with Crippen LogP contribution >= 0.6 is 24.0 Å². The molecule has 0 spiro atoms. The lowest BCUT2D eigenvalue weighted by molar-refractivity contribution is 0.297. The van der Waals surface area contributed by atoms with Gasteiger partial charge in [-0.15, -0.1) is 24.0 Å². The maximum Gasteiger partial charge on any atom is 0.193 e. The summed E-state index contributed by atoms with van der Waals surface area (Å²) in [5.41, 5.74) is 9.01. The van der Waals surface area contributed by atoms with Crippen molar-refractivity contribution in [1.29, 1.82) is 0 Å². The molecule has 2 aromatic carbocycles. The molecule has 0 radical (unpaired) electrons. The minimum Gasteiger partial charge on any atom is -0.490 e. The number of nitrogens with two attached hydrogens (primary N) is 1. The molecule has 28 heavy (non-hydrogen) atoms. The molecule has 148 valence electrons. The summed E-state index contributed by atoms with van der Waals surface area (Å²) in [4.78, 5) is 4.42. The van der Waals surface area contributed by atoms with Gasteiger partial charge >= 0.3 is 0 Å². The Kier molecular flexibility index (Phi) is 6.61. The quantitative estimate of drug-likeness (QED) is 0.331. The Hall–Kier alpha value is -2.49. The molecule has 3 aromatic rings. The minimum atomic E-state index is 0. The Labute approximate surface area is 180 Å². The van der Waals surface area contributed by atoms with Gasteiger partial charge in [0.15, 0.2) is 17.5 Å². The highest BCUT2D eigenvalue weighted by Crippen LogP contribution is 2.32. The highest BCUT2D eigenvalue weighted by Gasteiger charge is 2.11. The zero-order valence-electron chi connectivity index (χ0n) is 15.7. The monoisotopic (exact) mass is 493 g/mol. The van der Waals surface area contributed by atoms with E-state index in [1.165, 1.54) is 0 Å². The van der Waals surface area contributed by atoms with Crippen molar-refractivity contribution in [3.05, 3.63) is 48.2 Å². The molecule has 2 heterocycles. The van der Waals surface area contributed by atoms with Crippen molar-refractivity contribution in [3.8, 4) is 11.5 Å². The Balaban J connectivity index is 0.00000225. The van der Waals surface area contributed by atoms with E-state index in [1.54, 1.807) is 0 Å². The third-order valence-corrected chi connectivity index (χ3v) is 4.48. The van der Waals surface area contributed by atoms with E-state index in [0.29, 0.717) is 25.7 Å². The number of halogens is 1. The summed E-state index contributed by atoms with van der Waals surface area (Å²) >= 11 is 0. The third-order valence-electron chi connectivity index (χ3n) is 4.48. The lowest BCUT2D eigenvalue weighted by Crippen LogP contribution is -2.23.